The predicted molar refractivity (Wildman–Crippen MR) is 58.1 cm³/mol. The molecule has 0 aliphatic heterocycles. The molecule has 0 bridgehead atoms. The number of hydrogen-bond acceptors (Lipinski definition) is 5. The Labute approximate surface area is 90.8 Å². The van der Waals surface area contributed by atoms with Crippen molar-refractivity contribution in [1.29, 1.82) is 0 Å². The van der Waals surface area contributed by atoms with Crippen LogP contribution in [-0.2, 0) is 0 Å². The summed E-state index contributed by atoms with van der Waals surface area (Å²) < 4.78 is 0. The molecular weight excluding hydrogens is 222 g/mol. The molecule has 0 fully saturated rings. The maximum atomic E-state index is 10.6. The van der Waals surface area contributed by atoms with Gasteiger partial charge in [0.25, 0.3) is 5.69 Å². The standard InChI is InChI=1S/C8H10ClN3O3/c9-6-3-5(11-1-2-13)4-7(8(6)10)12(14)15/h3-4,11,13H,1-2,10H2. The number of aliphatic hydroxyl groups is 1. The number of benzene rings is 1. The first kappa shape index (κ1) is 11.5. The van der Waals surface area contributed by atoms with Crippen molar-refractivity contribution in [1.82, 2.24) is 0 Å². The normalized spacial score (nSPS) is 10.0. The number of rotatable bonds is 4. The van der Waals surface area contributed by atoms with E-state index in [2.05, 4.69) is 5.32 Å². The summed E-state index contributed by atoms with van der Waals surface area (Å²) in [6.07, 6.45) is 0. The molecule has 7 heteroatoms. The molecule has 0 heterocycles. The lowest BCUT2D eigenvalue weighted by molar-refractivity contribution is -0.383. The number of nitrogens with two attached hydrogens (primary N) is 1. The second kappa shape index (κ2) is 4.81. The molecule has 0 spiro atoms. The van der Waals surface area contributed by atoms with Gasteiger partial charge in [0.1, 0.15) is 5.69 Å². The Bertz CT molecular complexity index is 384. The predicted octanol–water partition coefficient (Wildman–Crippen LogP) is 1.23. The first-order chi connectivity index (χ1) is 7.06. The molecule has 15 heavy (non-hydrogen) atoms. The van der Waals surface area contributed by atoms with E-state index in [1.54, 1.807) is 0 Å². The molecule has 1 aromatic carbocycles. The van der Waals surface area contributed by atoms with E-state index in [1.165, 1.54) is 12.1 Å². The first-order valence-corrected chi connectivity index (χ1v) is 4.52. The lowest BCUT2D eigenvalue weighted by atomic mass is 10.2. The highest BCUT2D eigenvalue weighted by atomic mass is 35.5. The van der Waals surface area contributed by atoms with Gasteiger partial charge >= 0.3 is 0 Å². The number of hydrogen-bond donors (Lipinski definition) is 3. The summed E-state index contributed by atoms with van der Waals surface area (Å²) >= 11 is 5.71. The number of anilines is 2. The summed E-state index contributed by atoms with van der Waals surface area (Å²) in [6, 6.07) is 2.75. The van der Waals surface area contributed by atoms with Crippen molar-refractivity contribution in [3.8, 4) is 0 Å². The highest BCUT2D eigenvalue weighted by Crippen LogP contribution is 2.32. The molecule has 0 atom stereocenters. The Morgan fingerprint density at radius 2 is 2.27 bits per heavy atom. The number of nitrogen functional groups attached to an aromatic ring is 1. The van der Waals surface area contributed by atoms with E-state index in [4.69, 9.17) is 22.4 Å². The van der Waals surface area contributed by atoms with Gasteiger partial charge in [0, 0.05) is 18.3 Å². The number of nitrogens with one attached hydrogen (secondary N) is 1. The summed E-state index contributed by atoms with van der Waals surface area (Å²) in [5.74, 6) is 0. The Kier molecular flexibility index (Phi) is 3.70. The summed E-state index contributed by atoms with van der Waals surface area (Å²) in [5.41, 5.74) is 5.58. The van der Waals surface area contributed by atoms with Gasteiger partial charge in [0.15, 0.2) is 0 Å². The van der Waals surface area contributed by atoms with Crippen LogP contribution in [0, 0.1) is 10.1 Å². The van der Waals surface area contributed by atoms with Crippen LogP contribution in [0.15, 0.2) is 12.1 Å². The van der Waals surface area contributed by atoms with Crippen molar-refractivity contribution < 1.29 is 10.0 Å². The minimum Gasteiger partial charge on any atom is -0.395 e. The van der Waals surface area contributed by atoms with E-state index < -0.39 is 4.92 Å². The molecule has 82 valence electrons. The highest BCUT2D eigenvalue weighted by molar-refractivity contribution is 6.33. The number of nitro benzene ring substituents is 1. The van der Waals surface area contributed by atoms with Crippen LogP contribution in [0.3, 0.4) is 0 Å². The van der Waals surface area contributed by atoms with Gasteiger partial charge in [-0.1, -0.05) is 11.6 Å². The van der Waals surface area contributed by atoms with E-state index in [0.717, 1.165) is 0 Å². The fourth-order valence-electron chi connectivity index (χ4n) is 1.06. The second-order valence-corrected chi connectivity index (χ2v) is 3.21. The van der Waals surface area contributed by atoms with Gasteiger partial charge in [0.05, 0.1) is 16.6 Å². The van der Waals surface area contributed by atoms with Crippen LogP contribution >= 0.6 is 11.6 Å². The molecule has 0 aliphatic carbocycles. The van der Waals surface area contributed by atoms with Gasteiger partial charge < -0.3 is 16.2 Å². The van der Waals surface area contributed by atoms with Crippen molar-refractivity contribution in [2.45, 2.75) is 0 Å². The van der Waals surface area contributed by atoms with Gasteiger partial charge in [-0.25, -0.2) is 0 Å². The van der Waals surface area contributed by atoms with Gasteiger partial charge in [-0.3, -0.25) is 10.1 Å². The SMILES string of the molecule is Nc1c(Cl)cc(NCCO)cc1[N+](=O)[O-]. The minimum absolute atomic E-state index is 0.0591. The van der Waals surface area contributed by atoms with Crippen molar-refractivity contribution in [2.24, 2.45) is 0 Å². The quantitative estimate of drug-likeness (QED) is 0.411. The summed E-state index contributed by atoms with van der Waals surface area (Å²) in [4.78, 5) is 9.98. The van der Waals surface area contributed by atoms with Crippen molar-refractivity contribution >= 4 is 28.7 Å². The lowest BCUT2D eigenvalue weighted by Gasteiger charge is -2.06. The second-order valence-electron chi connectivity index (χ2n) is 2.80. The maximum absolute atomic E-state index is 10.6. The zero-order valence-corrected chi connectivity index (χ0v) is 8.49. The summed E-state index contributed by atoms with van der Waals surface area (Å²) in [6.45, 7) is 0.215. The summed E-state index contributed by atoms with van der Waals surface area (Å²) in [7, 11) is 0. The Hall–Kier alpha value is -1.53. The van der Waals surface area contributed by atoms with Gasteiger partial charge in [0.2, 0.25) is 0 Å². The lowest BCUT2D eigenvalue weighted by Crippen LogP contribution is -2.06. The molecule has 0 aromatic heterocycles. The maximum Gasteiger partial charge on any atom is 0.295 e. The topological polar surface area (TPSA) is 101 Å². The third-order valence-corrected chi connectivity index (χ3v) is 2.06. The third kappa shape index (κ3) is 2.71. The molecule has 1 aromatic rings. The molecule has 0 unspecified atom stereocenters. The van der Waals surface area contributed by atoms with Gasteiger partial charge in [-0.2, -0.15) is 0 Å². The zero-order valence-electron chi connectivity index (χ0n) is 7.74. The highest BCUT2D eigenvalue weighted by Gasteiger charge is 2.15. The van der Waals surface area contributed by atoms with E-state index in [0.29, 0.717) is 5.69 Å². The van der Waals surface area contributed by atoms with E-state index in [9.17, 15) is 10.1 Å². The summed E-state index contributed by atoms with van der Waals surface area (Å²) in [5, 5.41) is 22.0. The van der Waals surface area contributed by atoms with E-state index in [-0.39, 0.29) is 29.5 Å². The van der Waals surface area contributed by atoms with Gasteiger partial charge in [-0.05, 0) is 6.07 Å². The molecular formula is C8H10ClN3O3. The smallest absolute Gasteiger partial charge is 0.295 e. The number of aliphatic hydroxyl groups excluding tert-OH is 1. The van der Waals surface area contributed by atoms with Crippen molar-refractivity contribution in [3.63, 3.8) is 0 Å². The van der Waals surface area contributed by atoms with Crippen LogP contribution < -0.4 is 11.1 Å². The Morgan fingerprint density at radius 1 is 1.60 bits per heavy atom. The molecule has 0 saturated carbocycles. The molecule has 6 nitrogen and oxygen atoms in total. The van der Waals surface area contributed by atoms with Crippen LogP contribution in [0.4, 0.5) is 17.1 Å². The molecule has 4 N–H and O–H groups in total. The molecule has 0 aliphatic rings. The Morgan fingerprint density at radius 3 is 2.80 bits per heavy atom. The number of nitro groups is 1. The third-order valence-electron chi connectivity index (χ3n) is 1.75. The van der Waals surface area contributed by atoms with Crippen LogP contribution in [0.1, 0.15) is 0 Å². The van der Waals surface area contributed by atoms with Crippen LogP contribution in [0.25, 0.3) is 0 Å². The zero-order chi connectivity index (χ0) is 11.4. The van der Waals surface area contributed by atoms with Crippen molar-refractivity contribution in [2.75, 3.05) is 24.2 Å². The largest absolute Gasteiger partial charge is 0.395 e. The van der Waals surface area contributed by atoms with Gasteiger partial charge in [-0.15, -0.1) is 0 Å². The average Bonchev–Trinajstić information content (AvgIpc) is 2.19. The van der Waals surface area contributed by atoms with E-state index in [1.807, 2.05) is 0 Å². The fraction of sp³-hybridized carbons (Fsp3) is 0.250. The molecule has 0 amide bonds. The number of halogens is 1. The average molecular weight is 232 g/mol. The first-order valence-electron chi connectivity index (χ1n) is 4.14. The molecule has 0 saturated heterocycles. The van der Waals surface area contributed by atoms with Crippen LogP contribution in [-0.4, -0.2) is 23.2 Å². The fourth-order valence-corrected chi connectivity index (χ4v) is 1.27. The van der Waals surface area contributed by atoms with Crippen LogP contribution in [0.5, 0.6) is 0 Å². The minimum atomic E-state index is -0.606. The monoisotopic (exact) mass is 231 g/mol. The number of nitrogens with zero attached hydrogens (tertiary/aromatic N) is 1. The Balaban J connectivity index is 3.06. The van der Waals surface area contributed by atoms with E-state index >= 15 is 0 Å². The van der Waals surface area contributed by atoms with Crippen LogP contribution in [0.2, 0.25) is 5.02 Å². The molecule has 1 rings (SSSR count). The van der Waals surface area contributed by atoms with Crippen molar-refractivity contribution in [3.05, 3.63) is 27.3 Å². The molecule has 0 radical (unpaired) electrons.